The number of pyridine rings is 1. The lowest BCUT2D eigenvalue weighted by Crippen LogP contribution is -2.49. The molecule has 1 aliphatic carbocycles. The van der Waals surface area contributed by atoms with Crippen LogP contribution in [0.2, 0.25) is 5.02 Å². The second-order valence-electron chi connectivity index (χ2n) is 16.9. The minimum atomic E-state index is -3.13. The van der Waals surface area contributed by atoms with Gasteiger partial charge in [-0.05, 0) is 67.9 Å². The number of carbonyl (C=O) groups excluding carboxylic acids is 2. The van der Waals surface area contributed by atoms with Crippen LogP contribution < -0.4 is 40.9 Å². The maximum atomic E-state index is 15.2. The van der Waals surface area contributed by atoms with E-state index >= 15 is 8.78 Å². The number of para-hydroxylation sites is 1. The molecular formula is C42H47ClF2N12O4. The number of amides is 3. The number of hydrogen-bond acceptors (Lipinski definition) is 12. The number of aryl methyl sites for hydroxylation is 2. The number of carbonyl (C=O) groups is 2. The highest BCUT2D eigenvalue weighted by Gasteiger charge is 2.51. The predicted molar refractivity (Wildman–Crippen MR) is 230 cm³/mol. The van der Waals surface area contributed by atoms with Crippen molar-refractivity contribution in [2.24, 2.45) is 25.9 Å². The van der Waals surface area contributed by atoms with Crippen LogP contribution in [0.1, 0.15) is 32.1 Å². The summed E-state index contributed by atoms with van der Waals surface area (Å²) in [5.41, 5.74) is 3.06. The van der Waals surface area contributed by atoms with Gasteiger partial charge in [-0.15, -0.1) is 0 Å². The normalized spacial score (nSPS) is 21.3. The first-order chi connectivity index (χ1) is 29.4. The van der Waals surface area contributed by atoms with Gasteiger partial charge in [0.25, 0.3) is 5.56 Å². The molecule has 3 N–H and O–H groups in total. The molecule has 4 aliphatic heterocycles. The van der Waals surface area contributed by atoms with Crippen LogP contribution in [-0.4, -0.2) is 112 Å². The summed E-state index contributed by atoms with van der Waals surface area (Å²) in [5.74, 6) is -1.61. The molecule has 3 amide bonds. The van der Waals surface area contributed by atoms with E-state index in [2.05, 4.69) is 41.7 Å². The topological polar surface area (TPSA) is 158 Å². The molecule has 0 bridgehead atoms. The van der Waals surface area contributed by atoms with Crippen LogP contribution in [-0.2, 0) is 18.9 Å². The fraction of sp³-hybridized carbons (Fsp3) is 0.476. The number of imide groups is 1. The number of nitrogens with one attached hydrogen (secondary N) is 3. The number of piperazine rings is 1. The van der Waals surface area contributed by atoms with E-state index in [0.29, 0.717) is 64.5 Å². The minimum Gasteiger partial charge on any atom is -0.480 e. The Labute approximate surface area is 354 Å². The monoisotopic (exact) mass is 856 g/mol. The lowest BCUT2D eigenvalue weighted by Gasteiger charge is -2.39. The molecule has 0 spiro atoms. The molecule has 7 heterocycles. The second kappa shape index (κ2) is 15.3. The number of benzene rings is 2. The summed E-state index contributed by atoms with van der Waals surface area (Å²) in [7, 11) is 3.50. The zero-order valence-corrected chi connectivity index (χ0v) is 34.7. The molecule has 320 valence electrons. The molecule has 2 aromatic carbocycles. The average molecular weight is 857 g/mol. The molecule has 19 heteroatoms. The van der Waals surface area contributed by atoms with Crippen molar-refractivity contribution >= 4 is 80.0 Å². The number of piperidine rings is 1. The number of urea groups is 1. The Balaban J connectivity index is 0.777. The maximum Gasteiger partial charge on any atom is 0.329 e. The van der Waals surface area contributed by atoms with E-state index in [1.807, 2.05) is 23.9 Å². The van der Waals surface area contributed by atoms with Crippen LogP contribution in [0, 0.1) is 11.8 Å². The number of ether oxygens (including phenoxy) is 1. The fourth-order valence-electron chi connectivity index (χ4n) is 9.39. The molecule has 3 aromatic heterocycles. The average Bonchev–Trinajstić information content (AvgIpc) is 4.05. The van der Waals surface area contributed by atoms with Gasteiger partial charge < -0.3 is 29.7 Å². The number of alkyl halides is 2. The van der Waals surface area contributed by atoms with E-state index in [1.54, 1.807) is 36.3 Å². The van der Waals surface area contributed by atoms with Gasteiger partial charge in [0.2, 0.25) is 17.6 Å². The Bertz CT molecular complexity index is 2620. The Hall–Kier alpha value is -5.75. The summed E-state index contributed by atoms with van der Waals surface area (Å²) >= 11 is 6.63. The van der Waals surface area contributed by atoms with Crippen LogP contribution in [0.25, 0.3) is 21.8 Å². The van der Waals surface area contributed by atoms with Crippen molar-refractivity contribution in [2.75, 3.05) is 84.3 Å². The van der Waals surface area contributed by atoms with Crippen molar-refractivity contribution in [3.8, 4) is 5.75 Å². The number of hydrogen-bond donors (Lipinski definition) is 3. The molecule has 3 saturated heterocycles. The van der Waals surface area contributed by atoms with E-state index in [-0.39, 0.29) is 29.7 Å². The molecule has 10 rings (SSSR count). The zero-order chi connectivity index (χ0) is 42.2. The largest absolute Gasteiger partial charge is 0.480 e. The third-order valence-electron chi connectivity index (χ3n) is 12.9. The van der Waals surface area contributed by atoms with Crippen LogP contribution in [0.5, 0.6) is 5.75 Å². The zero-order valence-electron chi connectivity index (χ0n) is 34.0. The van der Waals surface area contributed by atoms with E-state index in [9.17, 15) is 14.4 Å². The van der Waals surface area contributed by atoms with Crippen molar-refractivity contribution < 1.29 is 23.1 Å². The highest BCUT2D eigenvalue weighted by Crippen LogP contribution is 2.46. The van der Waals surface area contributed by atoms with E-state index in [4.69, 9.17) is 26.4 Å². The molecule has 0 unspecified atom stereocenters. The van der Waals surface area contributed by atoms with Gasteiger partial charge in [0, 0.05) is 89.3 Å². The SMILES string of the molecule is Cn1nc(N2CCC(=O)NC2=O)c2cccc(N3CCC(CN4CCN(c5ncc(Cl)c(Nc6ccc7c(c6)c6c(c(=O)n7C)OCC(F)(F)[C@H](C7CC7)N6)n5)CC4)CC3)c21. The van der Waals surface area contributed by atoms with E-state index in [0.717, 1.165) is 75.2 Å². The van der Waals surface area contributed by atoms with Gasteiger partial charge in [0.05, 0.1) is 34.6 Å². The maximum absolute atomic E-state index is 15.2. The Morgan fingerprint density at radius 1 is 0.951 bits per heavy atom. The van der Waals surface area contributed by atoms with Gasteiger partial charge >= 0.3 is 12.0 Å². The third-order valence-corrected chi connectivity index (χ3v) is 13.1. The summed E-state index contributed by atoms with van der Waals surface area (Å²) < 4.78 is 39.1. The van der Waals surface area contributed by atoms with Crippen LogP contribution in [0.4, 0.5) is 48.2 Å². The highest BCUT2D eigenvalue weighted by atomic mass is 35.5. The van der Waals surface area contributed by atoms with Crippen LogP contribution in [0.15, 0.2) is 47.4 Å². The smallest absolute Gasteiger partial charge is 0.329 e. The Kier molecular flexibility index (Phi) is 9.88. The standard InChI is InChI=1S/C42H47ClF2N12O4/c1-52-30-9-8-26(20-28(30)33-35(39(52)59)61-23-42(44,45)36(49-33)25-6-7-25)47-37-29(43)21-46-40(50-37)56-18-16-54(17-19-56)22-24-10-13-55(14-11-24)31-5-3-4-27-34(31)53(2)51-38(27)57-15-12-32(58)48-41(57)60/h3-5,8-9,20-21,24-25,36,49H,6-7,10-19,22-23H2,1-2H3,(H,46,47,50)(H,48,58,60)/t36-/m0/s1. The third kappa shape index (κ3) is 7.32. The molecule has 1 saturated carbocycles. The van der Waals surface area contributed by atoms with E-state index < -0.39 is 30.2 Å². The summed E-state index contributed by atoms with van der Waals surface area (Å²) in [6, 6.07) is 9.92. The Morgan fingerprint density at radius 3 is 2.49 bits per heavy atom. The number of anilines is 6. The molecule has 5 aliphatic rings. The minimum absolute atomic E-state index is 0.109. The summed E-state index contributed by atoms with van der Waals surface area (Å²) in [6.45, 7) is 5.52. The summed E-state index contributed by atoms with van der Waals surface area (Å²) in [4.78, 5) is 55.7. The number of rotatable bonds is 8. The van der Waals surface area contributed by atoms with Crippen LogP contribution >= 0.6 is 11.6 Å². The second-order valence-corrected chi connectivity index (χ2v) is 17.3. The van der Waals surface area contributed by atoms with Crippen molar-refractivity contribution in [1.82, 2.24) is 34.5 Å². The molecule has 1 atom stereocenters. The molecule has 4 fully saturated rings. The lowest BCUT2D eigenvalue weighted by atomic mass is 9.95. The van der Waals surface area contributed by atoms with Crippen LogP contribution in [0.3, 0.4) is 0 Å². The Morgan fingerprint density at radius 2 is 1.74 bits per heavy atom. The predicted octanol–water partition coefficient (Wildman–Crippen LogP) is 5.32. The van der Waals surface area contributed by atoms with Crippen molar-refractivity contribution in [3.63, 3.8) is 0 Å². The first kappa shape index (κ1) is 39.4. The van der Waals surface area contributed by atoms with Gasteiger partial charge in [-0.25, -0.2) is 18.6 Å². The van der Waals surface area contributed by atoms with Crippen molar-refractivity contribution in [1.29, 1.82) is 0 Å². The number of halogens is 3. The number of aromatic nitrogens is 5. The quantitative estimate of drug-likeness (QED) is 0.185. The number of nitrogens with zero attached hydrogens (tertiary/aromatic N) is 9. The summed E-state index contributed by atoms with van der Waals surface area (Å²) in [5, 5.41) is 15.3. The highest BCUT2D eigenvalue weighted by molar-refractivity contribution is 6.33. The van der Waals surface area contributed by atoms with Gasteiger partial charge in [-0.3, -0.25) is 29.4 Å². The van der Waals surface area contributed by atoms with Gasteiger partial charge in [-0.2, -0.15) is 10.1 Å². The molecule has 5 aromatic rings. The lowest BCUT2D eigenvalue weighted by molar-refractivity contribution is -0.120. The van der Waals surface area contributed by atoms with Gasteiger partial charge in [-0.1, -0.05) is 17.7 Å². The van der Waals surface area contributed by atoms with Gasteiger partial charge in [0.1, 0.15) is 5.02 Å². The first-order valence-electron chi connectivity index (χ1n) is 20.9. The number of fused-ring (bicyclic) bond motifs is 4. The van der Waals surface area contributed by atoms with E-state index in [1.165, 1.54) is 4.57 Å². The van der Waals surface area contributed by atoms with Gasteiger partial charge in [0.15, 0.2) is 18.2 Å². The molecular weight excluding hydrogens is 810 g/mol. The fourth-order valence-corrected chi connectivity index (χ4v) is 9.53. The first-order valence-corrected chi connectivity index (χ1v) is 21.3. The summed E-state index contributed by atoms with van der Waals surface area (Å²) in [6.07, 6.45) is 5.33. The van der Waals surface area contributed by atoms with Crippen molar-refractivity contribution in [2.45, 2.75) is 44.1 Å². The molecule has 16 nitrogen and oxygen atoms in total. The molecule has 0 radical (unpaired) electrons. The van der Waals surface area contributed by atoms with Crippen molar-refractivity contribution in [3.05, 3.63) is 58.0 Å². The molecule has 61 heavy (non-hydrogen) atoms.